The highest BCUT2D eigenvalue weighted by molar-refractivity contribution is 7.89. The van der Waals surface area contributed by atoms with Crippen LogP contribution in [0.15, 0.2) is 23.1 Å². The Morgan fingerprint density at radius 3 is 2.65 bits per heavy atom. The summed E-state index contributed by atoms with van der Waals surface area (Å²) in [5.41, 5.74) is 0.269. The Morgan fingerprint density at radius 1 is 1.19 bits per heavy atom. The van der Waals surface area contributed by atoms with Crippen molar-refractivity contribution in [3.05, 3.63) is 23.2 Å². The van der Waals surface area contributed by atoms with Crippen LogP contribution in [0.25, 0.3) is 0 Å². The molecule has 8 nitrogen and oxygen atoms in total. The molecule has 2 aliphatic carbocycles. The van der Waals surface area contributed by atoms with Crippen LogP contribution >= 0.6 is 11.6 Å². The number of fused-ring (bicyclic) bond motifs is 2. The number of ether oxygens (including phenoxy) is 2. The van der Waals surface area contributed by atoms with E-state index in [1.807, 2.05) is 0 Å². The summed E-state index contributed by atoms with van der Waals surface area (Å²) in [4.78, 5) is 24.3. The fraction of sp³-hybridized carbons (Fsp3) is 0.619. The number of halogens is 1. The molecule has 2 bridgehead atoms. The number of morpholine rings is 1. The van der Waals surface area contributed by atoms with E-state index in [9.17, 15) is 18.0 Å². The first-order valence-corrected chi connectivity index (χ1v) is 12.5. The van der Waals surface area contributed by atoms with Crippen LogP contribution in [-0.4, -0.2) is 57.5 Å². The smallest absolute Gasteiger partial charge is 0.306 e. The van der Waals surface area contributed by atoms with Gasteiger partial charge >= 0.3 is 5.97 Å². The molecule has 0 aromatic heterocycles. The largest absolute Gasteiger partial charge is 0.456 e. The highest BCUT2D eigenvalue weighted by Gasteiger charge is 2.40. The Kier molecular flexibility index (Phi) is 6.86. The van der Waals surface area contributed by atoms with Crippen LogP contribution in [0.5, 0.6) is 0 Å². The maximum Gasteiger partial charge on any atom is 0.306 e. The molecular weight excluding hydrogens is 444 g/mol. The van der Waals surface area contributed by atoms with E-state index in [1.54, 1.807) is 0 Å². The molecule has 1 N–H and O–H groups in total. The molecule has 1 aromatic carbocycles. The van der Waals surface area contributed by atoms with Crippen molar-refractivity contribution in [1.82, 2.24) is 4.31 Å². The quantitative estimate of drug-likeness (QED) is 0.615. The van der Waals surface area contributed by atoms with Crippen LogP contribution in [0.2, 0.25) is 5.02 Å². The second kappa shape index (κ2) is 9.44. The number of hydrogen-bond acceptors (Lipinski definition) is 6. The number of carbonyl (C=O) groups excluding carboxylic acids is 2. The molecule has 170 valence electrons. The Morgan fingerprint density at radius 2 is 1.97 bits per heavy atom. The zero-order valence-electron chi connectivity index (χ0n) is 17.2. The molecule has 1 amide bonds. The second-order valence-electron chi connectivity index (χ2n) is 8.51. The molecule has 3 fully saturated rings. The van der Waals surface area contributed by atoms with Gasteiger partial charge in [-0.15, -0.1) is 0 Å². The van der Waals surface area contributed by atoms with Gasteiger partial charge in [0.25, 0.3) is 5.91 Å². The summed E-state index contributed by atoms with van der Waals surface area (Å²) in [6.45, 7) is 0.719. The average Bonchev–Trinajstić information content (AvgIpc) is 3.37. The SMILES string of the molecule is O=C(COC(=O)C[C@H]1C[C@H]2CC[C@H]1C2)Nc1ccc(Cl)c(S(=O)(=O)N2CCOCC2)c1. The number of amides is 1. The molecule has 3 aliphatic rings. The Hall–Kier alpha value is -1.68. The van der Waals surface area contributed by atoms with E-state index in [4.69, 9.17) is 21.1 Å². The molecule has 4 rings (SSSR count). The Bertz CT molecular complexity index is 947. The summed E-state index contributed by atoms with van der Waals surface area (Å²) in [7, 11) is -3.81. The number of hydrogen-bond donors (Lipinski definition) is 1. The van der Waals surface area contributed by atoms with E-state index >= 15 is 0 Å². The minimum Gasteiger partial charge on any atom is -0.456 e. The lowest BCUT2D eigenvalue weighted by molar-refractivity contribution is -0.148. The van der Waals surface area contributed by atoms with Crippen LogP contribution in [-0.2, 0) is 29.1 Å². The van der Waals surface area contributed by atoms with Gasteiger partial charge in [0, 0.05) is 25.2 Å². The van der Waals surface area contributed by atoms with E-state index in [0.29, 0.717) is 31.5 Å². The van der Waals surface area contributed by atoms with Gasteiger partial charge in [0.15, 0.2) is 6.61 Å². The van der Waals surface area contributed by atoms with Crippen molar-refractivity contribution < 1.29 is 27.5 Å². The third-order valence-electron chi connectivity index (χ3n) is 6.48. The summed E-state index contributed by atoms with van der Waals surface area (Å²) in [6, 6.07) is 4.25. The molecule has 1 saturated heterocycles. The van der Waals surface area contributed by atoms with E-state index < -0.39 is 22.5 Å². The molecule has 0 radical (unpaired) electrons. The van der Waals surface area contributed by atoms with E-state index in [1.165, 1.54) is 41.8 Å². The van der Waals surface area contributed by atoms with Gasteiger partial charge in [0.1, 0.15) is 4.90 Å². The van der Waals surface area contributed by atoms with Crippen LogP contribution in [0, 0.1) is 17.8 Å². The minimum absolute atomic E-state index is 0.0711. The molecule has 10 heteroatoms. The number of anilines is 1. The second-order valence-corrected chi connectivity index (χ2v) is 10.8. The van der Waals surface area contributed by atoms with Gasteiger partial charge in [0.05, 0.1) is 18.2 Å². The fourth-order valence-electron chi connectivity index (χ4n) is 4.95. The molecule has 3 atom stereocenters. The van der Waals surface area contributed by atoms with Gasteiger partial charge in [-0.25, -0.2) is 8.42 Å². The number of nitrogens with zero attached hydrogens (tertiary/aromatic N) is 1. The lowest BCUT2D eigenvalue weighted by atomic mass is 9.86. The van der Waals surface area contributed by atoms with Crippen LogP contribution in [0.4, 0.5) is 5.69 Å². The molecule has 0 unspecified atom stereocenters. The number of rotatable bonds is 7. The van der Waals surface area contributed by atoms with E-state index in [2.05, 4.69) is 5.32 Å². The summed E-state index contributed by atoms with van der Waals surface area (Å²) in [5, 5.41) is 2.65. The summed E-state index contributed by atoms with van der Waals surface area (Å²) >= 11 is 6.13. The lowest BCUT2D eigenvalue weighted by Crippen LogP contribution is -2.40. The maximum atomic E-state index is 12.9. The topological polar surface area (TPSA) is 102 Å². The van der Waals surface area contributed by atoms with Crippen molar-refractivity contribution in [1.29, 1.82) is 0 Å². The van der Waals surface area contributed by atoms with Gasteiger partial charge in [-0.3, -0.25) is 9.59 Å². The Labute approximate surface area is 187 Å². The van der Waals surface area contributed by atoms with E-state index in [0.717, 1.165) is 12.3 Å². The molecule has 1 heterocycles. The first-order chi connectivity index (χ1) is 14.8. The number of carbonyl (C=O) groups is 2. The third kappa shape index (κ3) is 5.22. The zero-order valence-corrected chi connectivity index (χ0v) is 18.8. The van der Waals surface area contributed by atoms with Crippen molar-refractivity contribution in [3.8, 4) is 0 Å². The minimum atomic E-state index is -3.81. The number of benzene rings is 1. The number of esters is 1. The predicted octanol–water partition coefficient (Wildman–Crippen LogP) is 2.67. The number of sulfonamides is 1. The van der Waals surface area contributed by atoms with Gasteiger partial charge in [0.2, 0.25) is 10.0 Å². The standard InChI is InChI=1S/C21H27ClN2O6S/c22-18-4-3-17(12-19(18)31(27,28)24-5-7-29-8-6-24)23-20(25)13-30-21(26)11-16-10-14-1-2-15(16)9-14/h3-4,12,14-16H,1-2,5-11,13H2,(H,23,25)/t14-,15-,16+/m0/s1. The summed E-state index contributed by atoms with van der Waals surface area (Å²) in [5.74, 6) is 0.850. The van der Waals surface area contributed by atoms with Crippen LogP contribution in [0.1, 0.15) is 32.1 Å². The first-order valence-electron chi connectivity index (χ1n) is 10.7. The average molecular weight is 471 g/mol. The monoisotopic (exact) mass is 470 g/mol. The number of nitrogens with one attached hydrogen (secondary N) is 1. The molecular formula is C21H27ClN2O6S. The molecule has 31 heavy (non-hydrogen) atoms. The van der Waals surface area contributed by atoms with Gasteiger partial charge < -0.3 is 14.8 Å². The molecule has 0 spiro atoms. The third-order valence-corrected chi connectivity index (χ3v) is 8.86. The summed E-state index contributed by atoms with van der Waals surface area (Å²) in [6.07, 6.45) is 5.11. The lowest BCUT2D eigenvalue weighted by Gasteiger charge is -2.26. The molecule has 1 aromatic rings. The first kappa shape index (κ1) is 22.5. The molecule has 1 aliphatic heterocycles. The van der Waals surface area contributed by atoms with Crippen molar-refractivity contribution >= 4 is 39.2 Å². The highest BCUT2D eigenvalue weighted by Crippen LogP contribution is 2.49. The molecule has 2 saturated carbocycles. The van der Waals surface area contributed by atoms with Gasteiger partial charge in [-0.2, -0.15) is 4.31 Å². The predicted molar refractivity (Wildman–Crippen MR) is 114 cm³/mol. The zero-order chi connectivity index (χ0) is 22.0. The van der Waals surface area contributed by atoms with E-state index in [-0.39, 0.29) is 34.7 Å². The van der Waals surface area contributed by atoms with Crippen molar-refractivity contribution in [2.24, 2.45) is 17.8 Å². The van der Waals surface area contributed by atoms with Crippen molar-refractivity contribution in [2.75, 3.05) is 38.2 Å². The Balaban J connectivity index is 1.32. The van der Waals surface area contributed by atoms with Gasteiger partial charge in [-0.05, 0) is 55.2 Å². The maximum absolute atomic E-state index is 12.9. The van der Waals surface area contributed by atoms with Crippen LogP contribution in [0.3, 0.4) is 0 Å². The summed E-state index contributed by atoms with van der Waals surface area (Å²) < 4.78 is 37.4. The van der Waals surface area contributed by atoms with Gasteiger partial charge in [-0.1, -0.05) is 18.0 Å². The van der Waals surface area contributed by atoms with Crippen LogP contribution < -0.4 is 5.32 Å². The van der Waals surface area contributed by atoms with Crippen molar-refractivity contribution in [3.63, 3.8) is 0 Å². The highest BCUT2D eigenvalue weighted by atomic mass is 35.5. The van der Waals surface area contributed by atoms with Crippen molar-refractivity contribution in [2.45, 2.75) is 37.0 Å². The fourth-order valence-corrected chi connectivity index (χ4v) is 6.86. The normalized spacial score (nSPS) is 26.0.